The van der Waals surface area contributed by atoms with Crippen molar-refractivity contribution in [2.75, 3.05) is 18.0 Å². The zero-order valence-corrected chi connectivity index (χ0v) is 18.0. The Morgan fingerprint density at radius 3 is 2.72 bits per heavy atom. The minimum Gasteiger partial charge on any atom is -0.463 e. The van der Waals surface area contributed by atoms with Gasteiger partial charge in [0, 0.05) is 30.5 Å². The van der Waals surface area contributed by atoms with Crippen LogP contribution in [0.3, 0.4) is 0 Å². The highest BCUT2D eigenvalue weighted by Gasteiger charge is 2.32. The maximum Gasteiger partial charge on any atom is 0.152 e. The normalized spacial score (nSPS) is 15.7. The summed E-state index contributed by atoms with van der Waals surface area (Å²) in [6, 6.07) is 3.86. The molecule has 0 atom stereocenters. The number of hydrogen-bond donors (Lipinski definition) is 0. The van der Waals surface area contributed by atoms with Gasteiger partial charge in [0.25, 0.3) is 0 Å². The lowest BCUT2D eigenvalue weighted by atomic mass is 9.89. The topological polar surface area (TPSA) is 64.3 Å². The Hall–Kier alpha value is -2.51. The summed E-state index contributed by atoms with van der Waals surface area (Å²) in [5.41, 5.74) is 4.01. The summed E-state index contributed by atoms with van der Waals surface area (Å²) in [6.45, 7) is 10.9. The first-order valence-corrected chi connectivity index (χ1v) is 10.9. The molecule has 1 aliphatic heterocycles. The molecule has 0 unspecified atom stereocenters. The van der Waals surface area contributed by atoms with E-state index in [1.807, 2.05) is 12.1 Å². The van der Waals surface area contributed by atoms with Crippen LogP contribution < -0.4 is 4.90 Å². The Morgan fingerprint density at radius 1 is 1.17 bits per heavy atom. The lowest BCUT2D eigenvalue weighted by molar-refractivity contribution is -0.0395. The first-order chi connectivity index (χ1) is 14.0. The Kier molecular flexibility index (Phi) is 4.33. The molecular weight excluding hydrogens is 384 g/mol. The molecule has 0 radical (unpaired) electrons. The van der Waals surface area contributed by atoms with Gasteiger partial charge in [0.15, 0.2) is 5.76 Å². The van der Waals surface area contributed by atoms with E-state index in [9.17, 15) is 0 Å². The summed E-state index contributed by atoms with van der Waals surface area (Å²) in [5.74, 6) is 1.77. The molecule has 0 aliphatic carbocycles. The number of ether oxygens (including phenoxy) is 1. The summed E-state index contributed by atoms with van der Waals surface area (Å²) >= 11 is 1.67. The molecule has 0 spiro atoms. The fourth-order valence-electron chi connectivity index (χ4n) is 4.16. The fraction of sp³-hybridized carbons (Fsp3) is 0.409. The molecule has 0 saturated heterocycles. The summed E-state index contributed by atoms with van der Waals surface area (Å²) < 4.78 is 13.0. The Labute approximate surface area is 173 Å². The zero-order chi connectivity index (χ0) is 20.2. The molecule has 150 valence electrons. The molecule has 29 heavy (non-hydrogen) atoms. The van der Waals surface area contributed by atoms with Gasteiger partial charge in [-0.3, -0.25) is 0 Å². The molecule has 7 heteroatoms. The maximum atomic E-state index is 6.15. The highest BCUT2D eigenvalue weighted by molar-refractivity contribution is 7.26. The van der Waals surface area contributed by atoms with Crippen LogP contribution in [0.2, 0.25) is 0 Å². The minimum atomic E-state index is -0.231. The second-order valence-electron chi connectivity index (χ2n) is 7.95. The molecule has 4 aromatic heterocycles. The van der Waals surface area contributed by atoms with Gasteiger partial charge in [-0.05, 0) is 45.4 Å². The number of nitrogens with zero attached hydrogens (tertiary/aromatic N) is 4. The fourth-order valence-corrected chi connectivity index (χ4v) is 5.34. The highest BCUT2D eigenvalue weighted by atomic mass is 32.1. The molecule has 5 rings (SSSR count). The number of rotatable bonds is 4. The first-order valence-electron chi connectivity index (χ1n) is 10.0. The number of thiophene rings is 1. The lowest BCUT2D eigenvalue weighted by Gasteiger charge is -2.32. The molecule has 6 nitrogen and oxygen atoms in total. The molecular formula is C22H24N4O2S. The molecule has 0 amide bonds. The monoisotopic (exact) mass is 408 g/mol. The number of hydrogen-bond acceptors (Lipinski definition) is 7. The molecule has 4 aromatic rings. The van der Waals surface area contributed by atoms with Crippen molar-refractivity contribution in [3.8, 4) is 11.5 Å². The minimum absolute atomic E-state index is 0.231. The van der Waals surface area contributed by atoms with Crippen LogP contribution in [0, 0.1) is 0 Å². The van der Waals surface area contributed by atoms with Crippen molar-refractivity contribution in [1.29, 1.82) is 0 Å². The molecule has 0 saturated carbocycles. The van der Waals surface area contributed by atoms with Gasteiger partial charge in [-0.2, -0.15) is 0 Å². The van der Waals surface area contributed by atoms with Crippen LogP contribution in [-0.4, -0.2) is 33.6 Å². The Bertz CT molecular complexity index is 1190. The summed E-state index contributed by atoms with van der Waals surface area (Å²) in [4.78, 5) is 17.6. The van der Waals surface area contributed by atoms with Crippen LogP contribution >= 0.6 is 11.3 Å². The number of pyridine rings is 1. The molecule has 0 fully saturated rings. The van der Waals surface area contributed by atoms with Gasteiger partial charge in [0.05, 0.1) is 28.7 Å². The largest absolute Gasteiger partial charge is 0.463 e. The van der Waals surface area contributed by atoms with E-state index in [4.69, 9.17) is 19.1 Å². The number of anilines is 1. The number of aromatic nitrogens is 3. The predicted molar refractivity (Wildman–Crippen MR) is 117 cm³/mol. The van der Waals surface area contributed by atoms with E-state index in [1.54, 1.807) is 23.9 Å². The molecule has 1 aliphatic rings. The van der Waals surface area contributed by atoms with Gasteiger partial charge in [0.2, 0.25) is 0 Å². The van der Waals surface area contributed by atoms with Crippen molar-refractivity contribution >= 4 is 37.6 Å². The van der Waals surface area contributed by atoms with Gasteiger partial charge in [0.1, 0.15) is 22.7 Å². The van der Waals surface area contributed by atoms with Crippen LogP contribution in [0.15, 0.2) is 29.1 Å². The average Bonchev–Trinajstić information content (AvgIpc) is 3.35. The smallest absolute Gasteiger partial charge is 0.152 e. The van der Waals surface area contributed by atoms with E-state index in [2.05, 4.69) is 37.6 Å². The van der Waals surface area contributed by atoms with Crippen LogP contribution in [-0.2, 0) is 17.8 Å². The van der Waals surface area contributed by atoms with Crippen LogP contribution in [0.5, 0.6) is 0 Å². The van der Waals surface area contributed by atoms with Crippen LogP contribution in [0.4, 0.5) is 5.82 Å². The van der Waals surface area contributed by atoms with Crippen LogP contribution in [0.1, 0.15) is 38.8 Å². The van der Waals surface area contributed by atoms with Crippen molar-refractivity contribution in [3.05, 3.63) is 35.9 Å². The van der Waals surface area contributed by atoms with Gasteiger partial charge < -0.3 is 14.1 Å². The van der Waals surface area contributed by atoms with Gasteiger partial charge in [-0.25, -0.2) is 15.0 Å². The van der Waals surface area contributed by atoms with E-state index in [0.717, 1.165) is 62.8 Å². The van der Waals surface area contributed by atoms with E-state index >= 15 is 0 Å². The SMILES string of the molecule is CCN(CC)c1ncnc2c1sc1nc(-c3ccco3)c3c(c12)CC(C)(C)OC3. The molecule has 0 N–H and O–H groups in total. The number of fused-ring (bicyclic) bond motifs is 5. The van der Waals surface area contributed by atoms with E-state index in [0.29, 0.717) is 6.61 Å². The highest BCUT2D eigenvalue weighted by Crippen LogP contribution is 2.44. The molecule has 0 bridgehead atoms. The third-order valence-electron chi connectivity index (χ3n) is 5.63. The number of furan rings is 1. The second kappa shape index (κ2) is 6.78. The van der Waals surface area contributed by atoms with E-state index < -0.39 is 0 Å². The summed E-state index contributed by atoms with van der Waals surface area (Å²) in [6.07, 6.45) is 4.18. The lowest BCUT2D eigenvalue weighted by Crippen LogP contribution is -2.32. The first kappa shape index (κ1) is 18.5. The standard InChI is InChI=1S/C22H24N4O2S/c1-5-26(6-2)20-19-18(23-12-24-20)16-13-10-22(3,4)28-11-14(13)17(25-21(16)29-19)15-8-7-9-27-15/h7-9,12H,5-6,10-11H2,1-4H3. The predicted octanol–water partition coefficient (Wildman–Crippen LogP) is 5.20. The zero-order valence-electron chi connectivity index (χ0n) is 17.2. The van der Waals surface area contributed by atoms with E-state index in [1.165, 1.54) is 5.56 Å². The third kappa shape index (κ3) is 2.91. The van der Waals surface area contributed by atoms with E-state index in [-0.39, 0.29) is 5.60 Å². The summed E-state index contributed by atoms with van der Waals surface area (Å²) in [7, 11) is 0. The Morgan fingerprint density at radius 2 is 2.00 bits per heavy atom. The Balaban J connectivity index is 1.86. The van der Waals surface area contributed by atoms with Gasteiger partial charge >= 0.3 is 0 Å². The average molecular weight is 409 g/mol. The summed E-state index contributed by atoms with van der Waals surface area (Å²) in [5, 5.41) is 1.14. The van der Waals surface area contributed by atoms with Crippen molar-refractivity contribution in [2.24, 2.45) is 0 Å². The van der Waals surface area contributed by atoms with Gasteiger partial charge in [-0.15, -0.1) is 11.3 Å². The molecule has 5 heterocycles. The quantitative estimate of drug-likeness (QED) is 0.463. The van der Waals surface area contributed by atoms with Crippen LogP contribution in [0.25, 0.3) is 31.9 Å². The van der Waals surface area contributed by atoms with Crippen molar-refractivity contribution < 1.29 is 9.15 Å². The van der Waals surface area contributed by atoms with Crippen molar-refractivity contribution in [1.82, 2.24) is 15.0 Å². The third-order valence-corrected chi connectivity index (χ3v) is 6.70. The van der Waals surface area contributed by atoms with Crippen molar-refractivity contribution in [3.63, 3.8) is 0 Å². The maximum absolute atomic E-state index is 6.15. The second-order valence-corrected chi connectivity index (χ2v) is 8.95. The van der Waals surface area contributed by atoms with Crippen molar-refractivity contribution in [2.45, 2.75) is 46.3 Å². The molecule has 0 aromatic carbocycles. The van der Waals surface area contributed by atoms with Gasteiger partial charge in [-0.1, -0.05) is 0 Å².